The predicted octanol–water partition coefficient (Wildman–Crippen LogP) is 5.97. The normalized spacial score (nSPS) is 10.9. The van der Waals surface area contributed by atoms with Gasteiger partial charge >= 0.3 is 0 Å². The number of benzene rings is 2. The van der Waals surface area contributed by atoms with Crippen LogP contribution in [0.3, 0.4) is 0 Å². The van der Waals surface area contributed by atoms with Crippen molar-refractivity contribution < 1.29 is 4.74 Å². The molecule has 3 aromatic rings. The number of hydrogen-bond donors (Lipinski definition) is 1. The number of thiocarbonyl (C=S) groups is 1. The van der Waals surface area contributed by atoms with Crippen molar-refractivity contribution in [2.45, 2.75) is 20.5 Å². The van der Waals surface area contributed by atoms with E-state index in [1.807, 2.05) is 48.5 Å². The fourth-order valence-corrected chi connectivity index (χ4v) is 3.05. The molecule has 2 aromatic carbocycles. The van der Waals surface area contributed by atoms with Crippen LogP contribution in [0.15, 0.2) is 59.2 Å². The van der Waals surface area contributed by atoms with Gasteiger partial charge in [0, 0.05) is 22.0 Å². The molecular formula is C20H19BrN2OS. The summed E-state index contributed by atoms with van der Waals surface area (Å²) in [6, 6.07) is 16.0. The molecule has 3 rings (SSSR count). The van der Waals surface area contributed by atoms with Crippen molar-refractivity contribution in [1.82, 2.24) is 4.98 Å². The first-order valence-electron chi connectivity index (χ1n) is 8.11. The summed E-state index contributed by atoms with van der Waals surface area (Å²) < 4.78 is 6.94. The number of nitrogens with zero attached hydrogens (tertiary/aromatic N) is 1. The molecule has 0 saturated heterocycles. The van der Waals surface area contributed by atoms with Crippen LogP contribution in [0.4, 0.5) is 5.69 Å². The lowest BCUT2D eigenvalue weighted by Crippen LogP contribution is -2.16. The molecule has 1 heterocycles. The van der Waals surface area contributed by atoms with E-state index in [1.54, 1.807) is 6.20 Å². The van der Waals surface area contributed by atoms with Crippen molar-refractivity contribution in [2.75, 3.05) is 5.32 Å². The molecule has 3 nitrogen and oxygen atoms in total. The quantitative estimate of drug-likeness (QED) is 0.521. The molecule has 5 heteroatoms. The van der Waals surface area contributed by atoms with Crippen LogP contribution in [0.5, 0.6) is 5.75 Å². The molecule has 0 saturated carbocycles. The van der Waals surface area contributed by atoms with Crippen LogP contribution in [0.1, 0.15) is 19.4 Å². The summed E-state index contributed by atoms with van der Waals surface area (Å²) >= 11 is 9.09. The summed E-state index contributed by atoms with van der Waals surface area (Å²) in [6.45, 7) is 4.64. The number of pyridine rings is 1. The number of rotatable bonds is 5. The molecule has 0 spiro atoms. The number of ether oxygens (including phenoxy) is 1. The van der Waals surface area contributed by atoms with Crippen LogP contribution in [0.2, 0.25) is 0 Å². The fraction of sp³-hybridized carbons (Fsp3) is 0.200. The van der Waals surface area contributed by atoms with Crippen molar-refractivity contribution in [3.05, 3.63) is 64.8 Å². The predicted molar refractivity (Wildman–Crippen MR) is 111 cm³/mol. The minimum Gasteiger partial charge on any atom is -0.487 e. The molecule has 0 bridgehead atoms. The van der Waals surface area contributed by atoms with E-state index in [0.29, 0.717) is 6.61 Å². The van der Waals surface area contributed by atoms with Gasteiger partial charge in [-0.1, -0.05) is 56.4 Å². The van der Waals surface area contributed by atoms with Gasteiger partial charge in [-0.15, -0.1) is 0 Å². The third-order valence-electron chi connectivity index (χ3n) is 3.82. The Hall–Kier alpha value is -1.98. The first kappa shape index (κ1) is 17.8. The summed E-state index contributed by atoms with van der Waals surface area (Å²) in [5, 5.41) is 4.32. The number of halogens is 1. The Bertz CT molecular complexity index is 897. The Morgan fingerprint density at radius 1 is 1.20 bits per heavy atom. The monoisotopic (exact) mass is 414 g/mol. The van der Waals surface area contributed by atoms with Crippen molar-refractivity contribution in [3.8, 4) is 5.75 Å². The van der Waals surface area contributed by atoms with Gasteiger partial charge in [0.25, 0.3) is 0 Å². The van der Waals surface area contributed by atoms with E-state index in [9.17, 15) is 0 Å². The molecule has 0 atom stereocenters. The fourth-order valence-electron chi connectivity index (χ4n) is 2.43. The van der Waals surface area contributed by atoms with Gasteiger partial charge in [-0.05, 0) is 39.7 Å². The molecule has 0 aliphatic heterocycles. The lowest BCUT2D eigenvalue weighted by Gasteiger charge is -2.17. The van der Waals surface area contributed by atoms with Crippen molar-refractivity contribution in [3.63, 3.8) is 0 Å². The van der Waals surface area contributed by atoms with Crippen LogP contribution < -0.4 is 10.1 Å². The van der Waals surface area contributed by atoms with Gasteiger partial charge < -0.3 is 10.1 Å². The minimum absolute atomic E-state index is 0.266. The van der Waals surface area contributed by atoms with Gasteiger partial charge in [0.2, 0.25) is 0 Å². The zero-order valence-electron chi connectivity index (χ0n) is 14.1. The highest BCUT2D eigenvalue weighted by molar-refractivity contribution is 9.10. The summed E-state index contributed by atoms with van der Waals surface area (Å²) in [4.78, 5) is 5.31. The molecule has 0 fully saturated rings. The number of anilines is 1. The molecule has 25 heavy (non-hydrogen) atoms. The molecule has 1 N–H and O–H groups in total. The Morgan fingerprint density at radius 3 is 2.68 bits per heavy atom. The van der Waals surface area contributed by atoms with Gasteiger partial charge in [0.15, 0.2) is 0 Å². The average molecular weight is 415 g/mol. The standard InChI is InChI=1S/C20H19BrN2OS/c1-13(2)20(25)23-18-15-9-6-10-22-19(15)17(11-16(18)21)24-12-14-7-4-3-5-8-14/h3-11,13H,12H2,1-2H3,(H,23,25). The second-order valence-electron chi connectivity index (χ2n) is 6.05. The number of hydrogen-bond acceptors (Lipinski definition) is 3. The second kappa shape index (κ2) is 7.93. The number of fused-ring (bicyclic) bond motifs is 1. The third-order valence-corrected chi connectivity index (χ3v) is 5.02. The molecule has 1 aromatic heterocycles. The van der Waals surface area contributed by atoms with Gasteiger partial charge in [-0.3, -0.25) is 4.98 Å². The minimum atomic E-state index is 0.266. The highest BCUT2D eigenvalue weighted by Gasteiger charge is 2.15. The first-order chi connectivity index (χ1) is 12.1. The summed E-state index contributed by atoms with van der Waals surface area (Å²) in [5.41, 5.74) is 2.86. The smallest absolute Gasteiger partial charge is 0.147 e. The molecule has 128 valence electrons. The molecule has 0 amide bonds. The third kappa shape index (κ3) is 4.17. The van der Waals surface area contributed by atoms with Crippen molar-refractivity contribution in [2.24, 2.45) is 5.92 Å². The molecule has 0 aliphatic rings. The van der Waals surface area contributed by atoms with Gasteiger partial charge in [-0.2, -0.15) is 0 Å². The van der Waals surface area contributed by atoms with Crippen LogP contribution in [-0.4, -0.2) is 9.97 Å². The maximum absolute atomic E-state index is 6.04. The highest BCUT2D eigenvalue weighted by Crippen LogP contribution is 2.37. The van der Waals surface area contributed by atoms with E-state index in [-0.39, 0.29) is 5.92 Å². The molecule has 0 unspecified atom stereocenters. The van der Waals surface area contributed by atoms with Crippen LogP contribution >= 0.6 is 28.1 Å². The van der Waals surface area contributed by atoms with E-state index in [0.717, 1.165) is 37.4 Å². The Morgan fingerprint density at radius 2 is 1.96 bits per heavy atom. The van der Waals surface area contributed by atoms with E-state index in [4.69, 9.17) is 17.0 Å². The van der Waals surface area contributed by atoms with Gasteiger partial charge in [0.1, 0.15) is 17.9 Å². The molecular weight excluding hydrogens is 396 g/mol. The van der Waals surface area contributed by atoms with Crippen LogP contribution in [-0.2, 0) is 6.61 Å². The molecule has 0 aliphatic carbocycles. The second-order valence-corrected chi connectivity index (χ2v) is 7.34. The van der Waals surface area contributed by atoms with Crippen LogP contribution in [0.25, 0.3) is 10.9 Å². The van der Waals surface area contributed by atoms with Crippen molar-refractivity contribution in [1.29, 1.82) is 0 Å². The Balaban J connectivity index is 1.97. The van der Waals surface area contributed by atoms with Gasteiger partial charge in [-0.25, -0.2) is 0 Å². The average Bonchev–Trinajstić information content (AvgIpc) is 2.63. The maximum atomic E-state index is 6.04. The Kier molecular flexibility index (Phi) is 5.66. The zero-order valence-corrected chi connectivity index (χ0v) is 16.5. The molecule has 0 radical (unpaired) electrons. The van der Waals surface area contributed by atoms with Crippen molar-refractivity contribution >= 4 is 49.7 Å². The summed E-state index contributed by atoms with van der Waals surface area (Å²) in [6.07, 6.45) is 1.77. The maximum Gasteiger partial charge on any atom is 0.147 e. The topological polar surface area (TPSA) is 34.1 Å². The van der Waals surface area contributed by atoms with E-state index >= 15 is 0 Å². The zero-order chi connectivity index (χ0) is 17.8. The Labute approximate surface area is 161 Å². The first-order valence-corrected chi connectivity index (χ1v) is 9.31. The summed E-state index contributed by atoms with van der Waals surface area (Å²) in [5.74, 6) is 1.01. The SMILES string of the molecule is CC(C)C(=S)Nc1c(Br)cc(OCc2ccccc2)c2ncccc12. The van der Waals surface area contributed by atoms with E-state index in [2.05, 4.69) is 40.1 Å². The lowest BCUT2D eigenvalue weighted by atomic mass is 10.1. The van der Waals surface area contributed by atoms with Gasteiger partial charge in [0.05, 0.1) is 10.7 Å². The largest absolute Gasteiger partial charge is 0.487 e. The van der Waals surface area contributed by atoms with Crippen LogP contribution in [0, 0.1) is 5.92 Å². The van der Waals surface area contributed by atoms with E-state index < -0.39 is 0 Å². The number of aromatic nitrogens is 1. The highest BCUT2D eigenvalue weighted by atomic mass is 79.9. The summed E-state index contributed by atoms with van der Waals surface area (Å²) in [7, 11) is 0. The number of nitrogens with one attached hydrogen (secondary N) is 1. The van der Waals surface area contributed by atoms with E-state index in [1.165, 1.54) is 0 Å². The lowest BCUT2D eigenvalue weighted by molar-refractivity contribution is 0.309.